The molecule has 1 saturated carbocycles. The lowest BCUT2D eigenvalue weighted by atomic mass is 10.0. The Morgan fingerprint density at radius 1 is 1.44 bits per heavy atom. The van der Waals surface area contributed by atoms with Gasteiger partial charge in [0.2, 0.25) is 0 Å². The van der Waals surface area contributed by atoms with E-state index in [1.165, 1.54) is 18.4 Å². The van der Waals surface area contributed by atoms with E-state index >= 15 is 0 Å². The number of hydrogen-bond acceptors (Lipinski definition) is 3. The number of nitrogens with zero attached hydrogens (tertiary/aromatic N) is 2. The molecule has 1 atom stereocenters. The molecule has 0 aliphatic heterocycles. The van der Waals surface area contributed by atoms with Crippen molar-refractivity contribution in [2.45, 2.75) is 24.8 Å². The highest BCUT2D eigenvalue weighted by molar-refractivity contribution is 5.33. The fourth-order valence-corrected chi connectivity index (χ4v) is 2.08. The van der Waals surface area contributed by atoms with Crippen LogP contribution >= 0.6 is 0 Å². The third-order valence-electron chi connectivity index (χ3n) is 3.33. The molecule has 1 aromatic carbocycles. The van der Waals surface area contributed by atoms with Gasteiger partial charge in [0.15, 0.2) is 0 Å². The van der Waals surface area contributed by atoms with Crippen LogP contribution in [0, 0.1) is 11.3 Å². The maximum atomic E-state index is 9.26. The van der Waals surface area contributed by atoms with Gasteiger partial charge in [0.25, 0.3) is 0 Å². The molecular weight excluding hydrogens is 222 g/mol. The summed E-state index contributed by atoms with van der Waals surface area (Å²) in [5.41, 5.74) is 2.49. The van der Waals surface area contributed by atoms with E-state index in [9.17, 15) is 5.26 Å². The molecular formula is C15H21N3. The molecule has 1 fully saturated rings. The maximum absolute atomic E-state index is 9.26. The second-order valence-electron chi connectivity index (χ2n) is 5.26. The number of benzene rings is 1. The smallest absolute Gasteiger partial charge is 0.121 e. The zero-order valence-electron chi connectivity index (χ0n) is 11.2. The van der Waals surface area contributed by atoms with E-state index in [0.29, 0.717) is 0 Å². The quantitative estimate of drug-likeness (QED) is 0.833. The fourth-order valence-electron chi connectivity index (χ4n) is 2.08. The van der Waals surface area contributed by atoms with E-state index in [0.717, 1.165) is 24.6 Å². The molecule has 18 heavy (non-hydrogen) atoms. The second kappa shape index (κ2) is 5.99. The van der Waals surface area contributed by atoms with Crippen molar-refractivity contribution >= 4 is 0 Å². The van der Waals surface area contributed by atoms with Crippen molar-refractivity contribution in [2.24, 2.45) is 0 Å². The van der Waals surface area contributed by atoms with Crippen molar-refractivity contribution in [2.75, 3.05) is 27.2 Å². The Balaban J connectivity index is 1.98. The van der Waals surface area contributed by atoms with Crippen molar-refractivity contribution in [1.29, 1.82) is 5.26 Å². The van der Waals surface area contributed by atoms with Crippen LogP contribution < -0.4 is 5.32 Å². The molecule has 1 aliphatic rings. The summed E-state index contributed by atoms with van der Waals surface area (Å²) in [7, 11) is 4.08. The predicted molar refractivity (Wildman–Crippen MR) is 73.3 cm³/mol. The van der Waals surface area contributed by atoms with Gasteiger partial charge in [-0.2, -0.15) is 5.26 Å². The van der Waals surface area contributed by atoms with Crippen molar-refractivity contribution in [1.82, 2.24) is 10.2 Å². The number of rotatable bonds is 6. The molecule has 0 amide bonds. The highest BCUT2D eigenvalue weighted by atomic mass is 15.1. The standard InChI is InChI=1S/C15H21N3/c1-18(2)9-8-17-15(11-16)14-5-3-4-13(10-14)12-6-7-12/h3-5,10,12,15,17H,6-9H2,1-2H3. The Bertz CT molecular complexity index is 430. The van der Waals surface area contributed by atoms with Crippen LogP contribution in [0.3, 0.4) is 0 Å². The molecule has 0 radical (unpaired) electrons. The van der Waals surface area contributed by atoms with Crippen LogP contribution in [0.2, 0.25) is 0 Å². The van der Waals surface area contributed by atoms with Gasteiger partial charge in [-0.1, -0.05) is 24.3 Å². The molecule has 0 bridgehead atoms. The van der Waals surface area contributed by atoms with Gasteiger partial charge in [-0.3, -0.25) is 5.32 Å². The Morgan fingerprint density at radius 2 is 2.22 bits per heavy atom. The summed E-state index contributed by atoms with van der Waals surface area (Å²) in [5.74, 6) is 0.742. The highest BCUT2D eigenvalue weighted by Gasteiger charge is 2.24. The molecule has 0 spiro atoms. The van der Waals surface area contributed by atoms with Crippen molar-refractivity contribution in [3.63, 3.8) is 0 Å². The Kier molecular flexibility index (Phi) is 4.35. The molecule has 1 N–H and O–H groups in total. The number of hydrogen-bond donors (Lipinski definition) is 1. The van der Waals surface area contributed by atoms with Crippen molar-refractivity contribution in [3.05, 3.63) is 35.4 Å². The summed E-state index contributed by atoms with van der Waals surface area (Å²) in [4.78, 5) is 2.11. The van der Waals surface area contributed by atoms with E-state index in [-0.39, 0.29) is 6.04 Å². The molecule has 1 aliphatic carbocycles. The second-order valence-corrected chi connectivity index (χ2v) is 5.26. The summed E-state index contributed by atoms with van der Waals surface area (Å²) in [5, 5.41) is 12.6. The van der Waals surface area contributed by atoms with E-state index in [1.54, 1.807) is 0 Å². The van der Waals surface area contributed by atoms with Crippen molar-refractivity contribution < 1.29 is 0 Å². The predicted octanol–water partition coefficient (Wildman–Crippen LogP) is 2.28. The lowest BCUT2D eigenvalue weighted by Gasteiger charge is -2.15. The van der Waals surface area contributed by atoms with Gasteiger partial charge in [0.1, 0.15) is 6.04 Å². The number of nitriles is 1. The van der Waals surface area contributed by atoms with E-state index in [1.807, 2.05) is 20.2 Å². The Labute approximate surface area is 109 Å². The summed E-state index contributed by atoms with van der Waals surface area (Å²) < 4.78 is 0. The zero-order chi connectivity index (χ0) is 13.0. The third-order valence-corrected chi connectivity index (χ3v) is 3.33. The summed E-state index contributed by atoms with van der Waals surface area (Å²) in [6.45, 7) is 1.78. The largest absolute Gasteiger partial charge is 0.308 e. The maximum Gasteiger partial charge on any atom is 0.121 e. The van der Waals surface area contributed by atoms with Gasteiger partial charge in [-0.05, 0) is 44.0 Å². The molecule has 3 nitrogen and oxygen atoms in total. The first-order chi connectivity index (χ1) is 8.70. The van der Waals surface area contributed by atoms with E-state index < -0.39 is 0 Å². The van der Waals surface area contributed by atoms with Gasteiger partial charge in [-0.15, -0.1) is 0 Å². The summed E-state index contributed by atoms with van der Waals surface area (Å²) in [6.07, 6.45) is 2.60. The molecule has 1 unspecified atom stereocenters. The van der Waals surface area contributed by atoms with Crippen LogP contribution in [0.1, 0.15) is 35.9 Å². The van der Waals surface area contributed by atoms with Crippen LogP contribution in [0.25, 0.3) is 0 Å². The highest BCUT2D eigenvalue weighted by Crippen LogP contribution is 2.40. The van der Waals surface area contributed by atoms with Gasteiger partial charge in [-0.25, -0.2) is 0 Å². The third kappa shape index (κ3) is 3.56. The normalized spacial score (nSPS) is 16.6. The van der Waals surface area contributed by atoms with Crippen LogP contribution in [0.4, 0.5) is 0 Å². The lowest BCUT2D eigenvalue weighted by molar-refractivity contribution is 0.395. The first-order valence-electron chi connectivity index (χ1n) is 6.58. The molecule has 2 rings (SSSR count). The monoisotopic (exact) mass is 243 g/mol. The number of nitrogens with one attached hydrogen (secondary N) is 1. The average molecular weight is 243 g/mol. The average Bonchev–Trinajstić information content (AvgIpc) is 3.19. The Morgan fingerprint density at radius 3 is 2.83 bits per heavy atom. The minimum absolute atomic E-state index is 0.191. The zero-order valence-corrected chi connectivity index (χ0v) is 11.2. The minimum Gasteiger partial charge on any atom is -0.308 e. The Hall–Kier alpha value is -1.37. The van der Waals surface area contributed by atoms with Gasteiger partial charge >= 0.3 is 0 Å². The lowest BCUT2D eigenvalue weighted by Crippen LogP contribution is -2.29. The molecule has 96 valence electrons. The topological polar surface area (TPSA) is 39.1 Å². The van der Waals surface area contributed by atoms with Crippen LogP contribution in [-0.2, 0) is 0 Å². The first-order valence-corrected chi connectivity index (χ1v) is 6.58. The molecule has 0 heterocycles. The number of likely N-dealkylation sites (N-methyl/N-ethyl adjacent to an activating group) is 1. The summed E-state index contributed by atoms with van der Waals surface area (Å²) >= 11 is 0. The first kappa shape index (κ1) is 13.1. The van der Waals surface area contributed by atoms with E-state index in [2.05, 4.69) is 34.5 Å². The fraction of sp³-hybridized carbons (Fsp3) is 0.533. The molecule has 3 heteroatoms. The summed E-state index contributed by atoms with van der Waals surface area (Å²) in [6, 6.07) is 10.6. The SMILES string of the molecule is CN(C)CCNC(C#N)c1cccc(C2CC2)c1. The van der Waals surface area contributed by atoms with Crippen LogP contribution in [-0.4, -0.2) is 32.1 Å². The van der Waals surface area contributed by atoms with Gasteiger partial charge in [0, 0.05) is 13.1 Å². The molecule has 0 saturated heterocycles. The molecule has 0 aromatic heterocycles. The van der Waals surface area contributed by atoms with E-state index in [4.69, 9.17) is 0 Å². The van der Waals surface area contributed by atoms with Gasteiger partial charge < -0.3 is 4.90 Å². The van der Waals surface area contributed by atoms with Crippen LogP contribution in [0.5, 0.6) is 0 Å². The minimum atomic E-state index is -0.191. The van der Waals surface area contributed by atoms with Crippen molar-refractivity contribution in [3.8, 4) is 6.07 Å². The molecule has 1 aromatic rings. The van der Waals surface area contributed by atoms with Gasteiger partial charge in [0.05, 0.1) is 6.07 Å². The van der Waals surface area contributed by atoms with Crippen LogP contribution in [0.15, 0.2) is 24.3 Å².